The van der Waals surface area contributed by atoms with Gasteiger partial charge in [0.25, 0.3) is 5.91 Å². The molecule has 0 aromatic heterocycles. The van der Waals surface area contributed by atoms with Gasteiger partial charge in [0.1, 0.15) is 5.82 Å². The fraction of sp³-hybridized carbons (Fsp3) is 0.500. The first-order valence-corrected chi connectivity index (χ1v) is 9.06. The number of amides is 1. The molecule has 1 heterocycles. The van der Waals surface area contributed by atoms with Crippen molar-refractivity contribution < 1.29 is 17.6 Å². The number of hydrogen-bond donors (Lipinski definition) is 0. The largest absolute Gasteiger partial charge is 0.336 e. The van der Waals surface area contributed by atoms with E-state index in [-0.39, 0.29) is 29.8 Å². The van der Waals surface area contributed by atoms with E-state index in [0.29, 0.717) is 25.1 Å². The number of carbonyl (C=O) groups excluding carboxylic acids is 1. The lowest BCUT2D eigenvalue weighted by atomic mass is 10.2. The van der Waals surface area contributed by atoms with Crippen molar-refractivity contribution in [2.45, 2.75) is 13.3 Å². The smallest absolute Gasteiger partial charge is 0.253 e. The van der Waals surface area contributed by atoms with Gasteiger partial charge in [0.05, 0.1) is 10.8 Å². The Morgan fingerprint density at radius 1 is 1.27 bits per heavy atom. The summed E-state index contributed by atoms with van der Waals surface area (Å²) in [6.07, 6.45) is 0.565. The first-order valence-electron chi connectivity index (χ1n) is 7.07. The van der Waals surface area contributed by atoms with Gasteiger partial charge < -0.3 is 4.90 Å². The van der Waals surface area contributed by atoms with Gasteiger partial charge in [-0.25, -0.2) is 12.8 Å². The fourth-order valence-electron chi connectivity index (χ4n) is 2.37. The van der Waals surface area contributed by atoms with Crippen molar-refractivity contribution in [2.75, 3.05) is 31.9 Å². The Morgan fingerprint density at radius 2 is 1.91 bits per heavy atom. The number of halogens is 2. The molecule has 1 saturated heterocycles. The molecule has 1 fully saturated rings. The second-order valence-electron chi connectivity index (χ2n) is 5.14. The molecule has 2 rings (SSSR count). The molecule has 0 saturated carbocycles. The lowest BCUT2D eigenvalue weighted by Gasteiger charge is -2.34. The molecule has 1 amide bonds. The molecule has 1 aromatic rings. The summed E-state index contributed by atoms with van der Waals surface area (Å²) in [4.78, 5) is 13.9. The average Bonchev–Trinajstić information content (AvgIpc) is 2.49. The van der Waals surface area contributed by atoms with Gasteiger partial charge in [-0.15, -0.1) is 0 Å². The van der Waals surface area contributed by atoms with Gasteiger partial charge in [-0.3, -0.25) is 4.79 Å². The maximum Gasteiger partial charge on any atom is 0.253 e. The minimum Gasteiger partial charge on any atom is -0.336 e. The van der Waals surface area contributed by atoms with Crippen LogP contribution in [0.2, 0.25) is 5.02 Å². The number of benzene rings is 1. The summed E-state index contributed by atoms with van der Waals surface area (Å²) in [5, 5.41) is -0.102. The molecule has 1 aliphatic heterocycles. The number of carbonyl (C=O) groups is 1. The summed E-state index contributed by atoms with van der Waals surface area (Å²) in [6.45, 7) is 3.01. The minimum absolute atomic E-state index is 0.102. The van der Waals surface area contributed by atoms with Crippen LogP contribution < -0.4 is 0 Å². The van der Waals surface area contributed by atoms with E-state index in [2.05, 4.69) is 0 Å². The highest BCUT2D eigenvalue weighted by Gasteiger charge is 2.28. The van der Waals surface area contributed by atoms with Crippen LogP contribution in [0.4, 0.5) is 4.39 Å². The molecule has 1 aromatic carbocycles. The second kappa shape index (κ2) is 6.93. The van der Waals surface area contributed by atoms with E-state index < -0.39 is 15.8 Å². The van der Waals surface area contributed by atoms with E-state index in [0.717, 1.165) is 6.07 Å². The summed E-state index contributed by atoms with van der Waals surface area (Å²) in [5.74, 6) is -0.725. The van der Waals surface area contributed by atoms with Crippen LogP contribution >= 0.6 is 11.6 Å². The summed E-state index contributed by atoms with van der Waals surface area (Å²) in [5.41, 5.74) is 0.302. The van der Waals surface area contributed by atoms with Gasteiger partial charge in [0.15, 0.2) is 0 Å². The molecule has 1 aliphatic rings. The Kier molecular flexibility index (Phi) is 5.41. The zero-order chi connectivity index (χ0) is 16.3. The molecule has 0 atom stereocenters. The third-order valence-corrected chi connectivity index (χ3v) is 5.91. The zero-order valence-electron chi connectivity index (χ0n) is 12.3. The standard InChI is InChI=1S/C14H18ClFN2O3S/c1-2-9-22(20,21)18-7-5-17(6-8-18)14(19)11-3-4-13(16)12(15)10-11/h3-4,10H,2,5-9H2,1H3. The first kappa shape index (κ1) is 17.2. The van der Waals surface area contributed by atoms with Crippen LogP contribution in [0.15, 0.2) is 18.2 Å². The van der Waals surface area contributed by atoms with E-state index in [9.17, 15) is 17.6 Å². The molecule has 5 nitrogen and oxygen atoms in total. The SMILES string of the molecule is CCCS(=O)(=O)N1CCN(C(=O)c2ccc(F)c(Cl)c2)CC1. The molecule has 122 valence electrons. The number of sulfonamides is 1. The van der Waals surface area contributed by atoms with E-state index >= 15 is 0 Å². The molecule has 22 heavy (non-hydrogen) atoms. The van der Waals surface area contributed by atoms with Crippen LogP contribution in [0.1, 0.15) is 23.7 Å². The lowest BCUT2D eigenvalue weighted by Crippen LogP contribution is -2.51. The normalized spacial score (nSPS) is 16.8. The monoisotopic (exact) mass is 348 g/mol. The maximum absolute atomic E-state index is 13.1. The molecule has 0 aliphatic carbocycles. The van der Waals surface area contributed by atoms with Crippen LogP contribution in [0.25, 0.3) is 0 Å². The number of hydrogen-bond acceptors (Lipinski definition) is 3. The Balaban J connectivity index is 2.02. The topological polar surface area (TPSA) is 57.7 Å². The van der Waals surface area contributed by atoms with Crippen molar-refractivity contribution in [1.29, 1.82) is 0 Å². The number of nitrogens with zero attached hydrogens (tertiary/aromatic N) is 2. The summed E-state index contributed by atoms with van der Waals surface area (Å²) >= 11 is 5.68. The van der Waals surface area contributed by atoms with Crippen LogP contribution in [-0.4, -0.2) is 55.5 Å². The molecule has 8 heteroatoms. The third kappa shape index (κ3) is 3.77. The maximum atomic E-state index is 13.1. The highest BCUT2D eigenvalue weighted by Crippen LogP contribution is 2.18. The summed E-state index contributed by atoms with van der Waals surface area (Å²) in [6, 6.07) is 3.82. The van der Waals surface area contributed by atoms with Crippen LogP contribution in [0.5, 0.6) is 0 Å². The van der Waals surface area contributed by atoms with E-state index in [4.69, 9.17) is 11.6 Å². The molecule has 0 radical (unpaired) electrons. The third-order valence-electron chi connectivity index (χ3n) is 3.55. The van der Waals surface area contributed by atoms with E-state index in [1.807, 2.05) is 6.92 Å². The van der Waals surface area contributed by atoms with Gasteiger partial charge >= 0.3 is 0 Å². The average molecular weight is 349 g/mol. The molecule has 0 N–H and O–H groups in total. The van der Waals surface area contributed by atoms with Crippen molar-refractivity contribution in [3.05, 3.63) is 34.6 Å². The van der Waals surface area contributed by atoms with Gasteiger partial charge in [-0.2, -0.15) is 4.31 Å². The molecule has 0 spiro atoms. The van der Waals surface area contributed by atoms with Crippen molar-refractivity contribution >= 4 is 27.5 Å². The van der Waals surface area contributed by atoms with Gasteiger partial charge in [0, 0.05) is 31.7 Å². The fourth-order valence-corrected chi connectivity index (χ4v) is 4.04. The van der Waals surface area contributed by atoms with Crippen molar-refractivity contribution in [3.63, 3.8) is 0 Å². The molecule has 0 unspecified atom stereocenters. The number of rotatable bonds is 4. The van der Waals surface area contributed by atoms with Crippen molar-refractivity contribution in [1.82, 2.24) is 9.21 Å². The van der Waals surface area contributed by atoms with Crippen LogP contribution in [0, 0.1) is 5.82 Å². The molecular formula is C14H18ClFN2O3S. The second-order valence-corrected chi connectivity index (χ2v) is 7.63. The zero-order valence-corrected chi connectivity index (χ0v) is 13.8. The highest BCUT2D eigenvalue weighted by molar-refractivity contribution is 7.89. The molecular weight excluding hydrogens is 331 g/mol. The Bertz CT molecular complexity index is 658. The summed E-state index contributed by atoms with van der Waals surface area (Å²) < 4.78 is 38.5. The Morgan fingerprint density at radius 3 is 2.45 bits per heavy atom. The highest BCUT2D eigenvalue weighted by atomic mass is 35.5. The predicted octanol–water partition coefficient (Wildman–Crippen LogP) is 1.98. The molecule has 0 bridgehead atoms. The van der Waals surface area contributed by atoms with Gasteiger partial charge in [0.2, 0.25) is 10.0 Å². The Labute approximate surface area is 134 Å². The van der Waals surface area contributed by atoms with Gasteiger partial charge in [-0.05, 0) is 24.6 Å². The first-order chi connectivity index (χ1) is 10.3. The van der Waals surface area contributed by atoms with E-state index in [1.54, 1.807) is 4.90 Å². The predicted molar refractivity (Wildman–Crippen MR) is 83.0 cm³/mol. The van der Waals surface area contributed by atoms with E-state index in [1.165, 1.54) is 16.4 Å². The van der Waals surface area contributed by atoms with Crippen molar-refractivity contribution in [3.8, 4) is 0 Å². The number of piperazine rings is 1. The van der Waals surface area contributed by atoms with Crippen molar-refractivity contribution in [2.24, 2.45) is 0 Å². The summed E-state index contributed by atoms with van der Waals surface area (Å²) in [7, 11) is -3.23. The van der Waals surface area contributed by atoms with Crippen LogP contribution in [0.3, 0.4) is 0 Å². The van der Waals surface area contributed by atoms with Gasteiger partial charge in [-0.1, -0.05) is 18.5 Å². The minimum atomic E-state index is -3.23. The Hall–Kier alpha value is -1.18. The quantitative estimate of drug-likeness (QED) is 0.836. The van der Waals surface area contributed by atoms with Crippen LogP contribution in [-0.2, 0) is 10.0 Å². The lowest BCUT2D eigenvalue weighted by molar-refractivity contribution is 0.0698.